The molecule has 4 heteroatoms. The van der Waals surface area contributed by atoms with Gasteiger partial charge in [-0.2, -0.15) is 0 Å². The lowest BCUT2D eigenvalue weighted by atomic mass is 10.2. The van der Waals surface area contributed by atoms with Gasteiger partial charge in [0.05, 0.1) is 13.2 Å². The zero-order chi connectivity index (χ0) is 14.4. The minimum Gasteiger partial charge on any atom is -0.449 e. The Morgan fingerprint density at radius 3 is 2.20 bits per heavy atom. The van der Waals surface area contributed by atoms with Crippen LogP contribution in [0.1, 0.15) is 27.2 Å². The highest BCUT2D eigenvalue weighted by molar-refractivity contribution is 5.42. The van der Waals surface area contributed by atoms with Crippen molar-refractivity contribution in [2.45, 2.75) is 33.0 Å². The van der Waals surface area contributed by atoms with Gasteiger partial charge in [-0.15, -0.1) is 0 Å². The highest BCUT2D eigenvalue weighted by Crippen LogP contribution is 2.40. The average Bonchev–Trinajstić information content (AvgIpc) is 2.79. The van der Waals surface area contributed by atoms with Gasteiger partial charge in [-0.3, -0.25) is 0 Å². The molecule has 0 radical (unpaired) electrons. The van der Waals surface area contributed by atoms with Gasteiger partial charge in [0.1, 0.15) is 0 Å². The highest BCUT2D eigenvalue weighted by atomic mass is 16.7. The molecule has 1 heterocycles. The molecule has 0 fully saturated rings. The van der Waals surface area contributed by atoms with Gasteiger partial charge in [0.25, 0.3) is 5.79 Å². The molecule has 1 aromatic rings. The Balaban J connectivity index is 1.68. The van der Waals surface area contributed by atoms with Crippen LogP contribution in [0.4, 0.5) is 0 Å². The first-order chi connectivity index (χ1) is 9.67. The Hall–Kier alpha value is -1.26. The molecule has 0 aliphatic carbocycles. The first-order valence-electron chi connectivity index (χ1n) is 7.44. The first kappa shape index (κ1) is 15.1. The zero-order valence-corrected chi connectivity index (χ0v) is 12.7. The van der Waals surface area contributed by atoms with Crippen molar-refractivity contribution in [3.8, 4) is 11.5 Å². The molecule has 0 atom stereocenters. The van der Waals surface area contributed by atoms with Crippen LogP contribution in [0, 0.1) is 0 Å². The minimum absolute atomic E-state index is 0.598. The number of hydrogen-bond acceptors (Lipinski definition) is 4. The molecule has 0 bridgehead atoms. The Morgan fingerprint density at radius 2 is 1.65 bits per heavy atom. The van der Waals surface area contributed by atoms with Crippen LogP contribution >= 0.6 is 0 Å². The molecule has 112 valence electrons. The van der Waals surface area contributed by atoms with E-state index in [1.54, 1.807) is 0 Å². The third kappa shape index (κ3) is 3.87. The van der Waals surface area contributed by atoms with Crippen molar-refractivity contribution in [2.24, 2.45) is 0 Å². The van der Waals surface area contributed by atoms with Gasteiger partial charge in [0.15, 0.2) is 11.5 Å². The largest absolute Gasteiger partial charge is 0.449 e. The van der Waals surface area contributed by atoms with Crippen molar-refractivity contribution in [3.63, 3.8) is 0 Å². The predicted molar refractivity (Wildman–Crippen MR) is 79.3 cm³/mol. The van der Waals surface area contributed by atoms with E-state index in [0.29, 0.717) is 6.61 Å². The molecule has 0 saturated heterocycles. The van der Waals surface area contributed by atoms with Crippen molar-refractivity contribution in [2.75, 3.05) is 32.8 Å². The molecule has 0 aromatic heterocycles. The number of benzene rings is 1. The Bertz CT molecular complexity index is 393. The Kier molecular flexibility index (Phi) is 5.26. The summed E-state index contributed by atoms with van der Waals surface area (Å²) in [4.78, 5) is 2.35. The van der Waals surface area contributed by atoms with Crippen LogP contribution in [-0.2, 0) is 4.74 Å². The van der Waals surface area contributed by atoms with Crippen molar-refractivity contribution in [1.29, 1.82) is 0 Å². The normalized spacial score (nSPS) is 15.8. The van der Waals surface area contributed by atoms with Crippen molar-refractivity contribution in [3.05, 3.63) is 24.3 Å². The van der Waals surface area contributed by atoms with Crippen LogP contribution in [0.25, 0.3) is 0 Å². The molecule has 4 nitrogen and oxygen atoms in total. The summed E-state index contributed by atoms with van der Waals surface area (Å²) < 4.78 is 17.4. The molecular weight excluding hydrogens is 254 g/mol. The van der Waals surface area contributed by atoms with E-state index in [2.05, 4.69) is 18.7 Å². The predicted octanol–water partition coefficient (Wildman–Crippen LogP) is 2.92. The van der Waals surface area contributed by atoms with Gasteiger partial charge in [-0.1, -0.05) is 26.0 Å². The topological polar surface area (TPSA) is 30.9 Å². The van der Waals surface area contributed by atoms with Crippen LogP contribution in [0.3, 0.4) is 0 Å². The van der Waals surface area contributed by atoms with E-state index >= 15 is 0 Å². The van der Waals surface area contributed by atoms with Crippen LogP contribution in [0.2, 0.25) is 0 Å². The summed E-state index contributed by atoms with van der Waals surface area (Å²) in [6, 6.07) is 7.77. The van der Waals surface area contributed by atoms with Crippen LogP contribution < -0.4 is 9.47 Å². The fourth-order valence-electron chi connectivity index (χ4n) is 2.30. The summed E-state index contributed by atoms with van der Waals surface area (Å²) in [7, 11) is 0. The third-order valence-electron chi connectivity index (χ3n) is 3.65. The summed E-state index contributed by atoms with van der Waals surface area (Å²) in [5.41, 5.74) is 0. The number of rotatable bonds is 8. The van der Waals surface area contributed by atoms with Gasteiger partial charge in [-0.05, 0) is 25.2 Å². The smallest absolute Gasteiger partial charge is 0.251 e. The second kappa shape index (κ2) is 6.95. The van der Waals surface area contributed by atoms with E-state index in [9.17, 15) is 0 Å². The molecule has 2 rings (SSSR count). The molecule has 0 amide bonds. The lowest BCUT2D eigenvalue weighted by molar-refractivity contribution is -0.0841. The highest BCUT2D eigenvalue weighted by Gasteiger charge is 2.36. The van der Waals surface area contributed by atoms with Crippen LogP contribution in [0.5, 0.6) is 11.5 Å². The van der Waals surface area contributed by atoms with Gasteiger partial charge in [-0.25, -0.2) is 0 Å². The monoisotopic (exact) mass is 279 g/mol. The molecule has 0 N–H and O–H groups in total. The molecule has 0 saturated carbocycles. The summed E-state index contributed by atoms with van der Waals surface area (Å²) in [5.74, 6) is 1.04. The fourth-order valence-corrected chi connectivity index (χ4v) is 2.30. The molecule has 0 unspecified atom stereocenters. The Morgan fingerprint density at radius 1 is 1.05 bits per heavy atom. The second-order valence-corrected chi connectivity index (χ2v) is 5.17. The molecular formula is C16H25NO3. The third-order valence-corrected chi connectivity index (χ3v) is 3.65. The molecule has 1 aliphatic rings. The van der Waals surface area contributed by atoms with Gasteiger partial charge in [0, 0.05) is 19.9 Å². The van der Waals surface area contributed by atoms with E-state index in [1.165, 1.54) is 0 Å². The van der Waals surface area contributed by atoms with Crippen molar-refractivity contribution in [1.82, 2.24) is 4.90 Å². The average molecular weight is 279 g/mol. The number of hydrogen-bond donors (Lipinski definition) is 0. The van der Waals surface area contributed by atoms with Crippen molar-refractivity contribution < 1.29 is 14.2 Å². The van der Waals surface area contributed by atoms with Gasteiger partial charge in [0.2, 0.25) is 0 Å². The standard InChI is InChI=1S/C16H25NO3/c1-4-17(5-2)11-13-18-12-10-16(3)19-14-8-6-7-9-15(14)20-16/h6-9H,4-5,10-13H2,1-3H3. The number of ether oxygens (including phenoxy) is 3. The van der Waals surface area contributed by atoms with Gasteiger partial charge < -0.3 is 19.1 Å². The first-order valence-corrected chi connectivity index (χ1v) is 7.44. The maximum absolute atomic E-state index is 5.85. The number of nitrogens with zero attached hydrogens (tertiary/aromatic N) is 1. The van der Waals surface area contributed by atoms with E-state index < -0.39 is 5.79 Å². The lowest BCUT2D eigenvalue weighted by Gasteiger charge is -2.23. The van der Waals surface area contributed by atoms with E-state index in [-0.39, 0.29) is 0 Å². The van der Waals surface area contributed by atoms with E-state index in [4.69, 9.17) is 14.2 Å². The maximum atomic E-state index is 5.85. The van der Waals surface area contributed by atoms with E-state index in [1.807, 2.05) is 31.2 Å². The van der Waals surface area contributed by atoms with Crippen LogP contribution in [0.15, 0.2) is 24.3 Å². The zero-order valence-electron chi connectivity index (χ0n) is 12.7. The maximum Gasteiger partial charge on any atom is 0.251 e. The minimum atomic E-state index is -0.598. The van der Waals surface area contributed by atoms with Crippen molar-refractivity contribution >= 4 is 0 Å². The number of fused-ring (bicyclic) bond motifs is 1. The SMILES string of the molecule is CCN(CC)CCOCCC1(C)Oc2ccccc2O1. The lowest BCUT2D eigenvalue weighted by Crippen LogP contribution is -2.36. The second-order valence-electron chi connectivity index (χ2n) is 5.17. The van der Waals surface area contributed by atoms with Gasteiger partial charge >= 0.3 is 0 Å². The van der Waals surface area contributed by atoms with Crippen LogP contribution in [-0.4, -0.2) is 43.5 Å². The fraction of sp³-hybridized carbons (Fsp3) is 0.625. The summed E-state index contributed by atoms with van der Waals surface area (Å²) in [6.45, 7) is 10.8. The summed E-state index contributed by atoms with van der Waals surface area (Å²) in [6.07, 6.45) is 0.722. The molecule has 1 aromatic carbocycles. The number of para-hydroxylation sites is 2. The Labute approximate surface area is 121 Å². The van der Waals surface area contributed by atoms with E-state index in [0.717, 1.165) is 44.2 Å². The number of likely N-dealkylation sites (N-methyl/N-ethyl adjacent to an activating group) is 1. The summed E-state index contributed by atoms with van der Waals surface area (Å²) in [5, 5.41) is 0. The summed E-state index contributed by atoms with van der Waals surface area (Å²) >= 11 is 0. The quantitative estimate of drug-likeness (QED) is 0.685. The molecule has 0 spiro atoms. The molecule has 20 heavy (non-hydrogen) atoms. The molecule has 1 aliphatic heterocycles.